The summed E-state index contributed by atoms with van der Waals surface area (Å²) in [4.78, 5) is 30.0. The first-order valence-electron chi connectivity index (χ1n) is 11.4. The number of piperazine rings is 1. The van der Waals surface area contributed by atoms with Gasteiger partial charge in [-0.3, -0.25) is 14.5 Å². The van der Waals surface area contributed by atoms with Crippen molar-refractivity contribution >= 4 is 28.9 Å². The van der Waals surface area contributed by atoms with Crippen LogP contribution >= 0.6 is 0 Å². The maximum Gasteiger partial charge on any atom is 0.257 e. The number of amides is 2. The summed E-state index contributed by atoms with van der Waals surface area (Å²) in [6.45, 7) is 3.95. The highest BCUT2D eigenvalue weighted by Crippen LogP contribution is 2.34. The molecule has 34 heavy (non-hydrogen) atoms. The zero-order chi connectivity index (χ0) is 23.1. The minimum atomic E-state index is -0.191. The molecule has 172 valence electrons. The van der Waals surface area contributed by atoms with Crippen molar-refractivity contribution in [3.63, 3.8) is 0 Å². The Bertz CT molecular complexity index is 1280. The Labute approximate surface area is 197 Å². The fourth-order valence-electron chi connectivity index (χ4n) is 4.60. The molecule has 0 atom stereocenters. The van der Waals surface area contributed by atoms with Gasteiger partial charge in [0.2, 0.25) is 6.79 Å². The predicted octanol–water partition coefficient (Wildman–Crippen LogP) is 3.68. The third-order valence-electron chi connectivity index (χ3n) is 6.46. The van der Waals surface area contributed by atoms with Crippen molar-refractivity contribution < 1.29 is 19.1 Å². The van der Waals surface area contributed by atoms with Crippen LogP contribution in [0, 0.1) is 0 Å². The van der Waals surface area contributed by atoms with Crippen LogP contribution < -0.4 is 20.1 Å². The summed E-state index contributed by atoms with van der Waals surface area (Å²) in [7, 11) is 0. The maximum atomic E-state index is 13.2. The number of benzene rings is 3. The molecule has 0 radical (unpaired) electrons. The lowest BCUT2D eigenvalue weighted by Crippen LogP contribution is -2.48. The molecule has 3 aliphatic heterocycles. The highest BCUT2D eigenvalue weighted by atomic mass is 16.7. The second-order valence-electron chi connectivity index (χ2n) is 8.64. The topological polar surface area (TPSA) is 83.1 Å². The molecule has 3 heterocycles. The standard InChI is InChI=1S/C26H24N4O4/c31-25-19-3-1-2-4-20(19)27-21-7-6-18(14-22(21)28-25)26(32)30-11-9-29(10-12-30)15-17-5-8-23-24(13-17)34-16-33-23/h1-8,13-14,27H,9-12,15-16H2,(H,28,31). The van der Waals surface area contributed by atoms with E-state index in [-0.39, 0.29) is 18.6 Å². The molecule has 1 saturated heterocycles. The monoisotopic (exact) mass is 456 g/mol. The number of hydrogen-bond donors (Lipinski definition) is 2. The summed E-state index contributed by atoms with van der Waals surface area (Å²) in [6, 6.07) is 18.8. The van der Waals surface area contributed by atoms with Gasteiger partial charge in [0.05, 0.1) is 22.6 Å². The molecular formula is C26H24N4O4. The molecule has 0 saturated carbocycles. The summed E-state index contributed by atoms with van der Waals surface area (Å²) in [5.41, 5.74) is 4.42. The Kier molecular flexibility index (Phi) is 5.07. The lowest BCUT2D eigenvalue weighted by Gasteiger charge is -2.35. The van der Waals surface area contributed by atoms with Crippen molar-refractivity contribution in [1.82, 2.24) is 9.80 Å². The number of hydrogen-bond acceptors (Lipinski definition) is 6. The van der Waals surface area contributed by atoms with Crippen LogP contribution in [0.1, 0.15) is 26.3 Å². The van der Waals surface area contributed by atoms with Gasteiger partial charge in [-0.2, -0.15) is 0 Å². The number of anilines is 3. The molecule has 2 N–H and O–H groups in total. The second kappa shape index (κ2) is 8.39. The molecule has 3 aliphatic rings. The highest BCUT2D eigenvalue weighted by Gasteiger charge is 2.25. The van der Waals surface area contributed by atoms with Crippen LogP contribution in [0.15, 0.2) is 60.7 Å². The third-order valence-corrected chi connectivity index (χ3v) is 6.46. The van der Waals surface area contributed by atoms with Crippen LogP contribution in [0.25, 0.3) is 0 Å². The SMILES string of the molecule is O=C1Nc2cc(C(=O)N3CCN(Cc4ccc5c(c4)OCO5)CC3)ccc2Nc2ccccc21. The molecule has 3 aromatic rings. The molecule has 0 aromatic heterocycles. The number of nitrogens with one attached hydrogen (secondary N) is 2. The summed E-state index contributed by atoms with van der Waals surface area (Å²) in [5.74, 6) is 1.36. The van der Waals surface area contributed by atoms with E-state index in [9.17, 15) is 9.59 Å². The van der Waals surface area contributed by atoms with Crippen molar-refractivity contribution in [1.29, 1.82) is 0 Å². The number of fused-ring (bicyclic) bond motifs is 3. The lowest BCUT2D eigenvalue weighted by atomic mass is 10.1. The Hall–Kier alpha value is -4.04. The fraction of sp³-hybridized carbons (Fsp3) is 0.231. The Morgan fingerprint density at radius 1 is 0.824 bits per heavy atom. The number of rotatable bonds is 3. The van der Waals surface area contributed by atoms with E-state index in [0.717, 1.165) is 42.5 Å². The molecule has 6 rings (SSSR count). The first kappa shape index (κ1) is 20.6. The third kappa shape index (κ3) is 3.82. The van der Waals surface area contributed by atoms with Gasteiger partial charge in [-0.1, -0.05) is 18.2 Å². The predicted molar refractivity (Wildman–Crippen MR) is 128 cm³/mol. The van der Waals surface area contributed by atoms with E-state index in [0.29, 0.717) is 29.9 Å². The van der Waals surface area contributed by atoms with Crippen molar-refractivity contribution in [2.24, 2.45) is 0 Å². The van der Waals surface area contributed by atoms with E-state index in [2.05, 4.69) is 21.6 Å². The second-order valence-corrected chi connectivity index (χ2v) is 8.64. The highest BCUT2D eigenvalue weighted by molar-refractivity contribution is 6.12. The zero-order valence-electron chi connectivity index (χ0n) is 18.5. The first-order chi connectivity index (χ1) is 16.6. The molecule has 0 unspecified atom stereocenters. The van der Waals surface area contributed by atoms with Crippen LogP contribution in [0.3, 0.4) is 0 Å². The van der Waals surface area contributed by atoms with E-state index >= 15 is 0 Å². The lowest BCUT2D eigenvalue weighted by molar-refractivity contribution is 0.0628. The molecule has 3 aromatic carbocycles. The van der Waals surface area contributed by atoms with E-state index in [1.807, 2.05) is 47.4 Å². The average molecular weight is 457 g/mol. The Morgan fingerprint density at radius 2 is 1.65 bits per heavy atom. The Balaban J connectivity index is 1.11. The molecular weight excluding hydrogens is 432 g/mol. The minimum Gasteiger partial charge on any atom is -0.454 e. The average Bonchev–Trinajstić information content (AvgIpc) is 3.28. The Morgan fingerprint density at radius 3 is 2.53 bits per heavy atom. The quantitative estimate of drug-likeness (QED) is 0.626. The molecule has 2 amide bonds. The summed E-state index contributed by atoms with van der Waals surface area (Å²) in [5, 5.41) is 6.22. The van der Waals surface area contributed by atoms with Crippen molar-refractivity contribution in [2.45, 2.75) is 6.54 Å². The number of ether oxygens (including phenoxy) is 2. The fourth-order valence-corrected chi connectivity index (χ4v) is 4.60. The van der Waals surface area contributed by atoms with Crippen molar-refractivity contribution in [3.8, 4) is 11.5 Å². The van der Waals surface area contributed by atoms with E-state index in [1.54, 1.807) is 12.1 Å². The van der Waals surface area contributed by atoms with Crippen LogP contribution in [0.2, 0.25) is 0 Å². The number of para-hydroxylation sites is 1. The van der Waals surface area contributed by atoms with Gasteiger partial charge >= 0.3 is 0 Å². The summed E-state index contributed by atoms with van der Waals surface area (Å²) >= 11 is 0. The van der Waals surface area contributed by atoms with Crippen molar-refractivity contribution in [2.75, 3.05) is 43.6 Å². The molecule has 8 nitrogen and oxygen atoms in total. The van der Waals surface area contributed by atoms with Gasteiger partial charge in [-0.05, 0) is 48.0 Å². The molecule has 0 spiro atoms. The minimum absolute atomic E-state index is 0.0264. The first-order valence-corrected chi connectivity index (χ1v) is 11.4. The van der Waals surface area contributed by atoms with Crippen LogP contribution in [-0.2, 0) is 6.54 Å². The van der Waals surface area contributed by atoms with E-state index < -0.39 is 0 Å². The normalized spacial score (nSPS) is 16.7. The molecule has 0 bridgehead atoms. The summed E-state index contributed by atoms with van der Waals surface area (Å²) in [6.07, 6.45) is 0. The van der Waals surface area contributed by atoms with Gasteiger partial charge in [0.15, 0.2) is 11.5 Å². The van der Waals surface area contributed by atoms with Crippen LogP contribution in [0.4, 0.5) is 17.1 Å². The maximum absolute atomic E-state index is 13.2. The van der Waals surface area contributed by atoms with Gasteiger partial charge < -0.3 is 25.0 Å². The van der Waals surface area contributed by atoms with Gasteiger partial charge in [-0.25, -0.2) is 0 Å². The number of carbonyl (C=O) groups excluding carboxylic acids is 2. The van der Waals surface area contributed by atoms with Gasteiger partial charge in [0, 0.05) is 38.3 Å². The molecule has 0 aliphatic carbocycles. The van der Waals surface area contributed by atoms with E-state index in [4.69, 9.17) is 9.47 Å². The number of nitrogens with zero attached hydrogens (tertiary/aromatic N) is 2. The summed E-state index contributed by atoms with van der Waals surface area (Å²) < 4.78 is 10.9. The van der Waals surface area contributed by atoms with E-state index in [1.165, 1.54) is 5.56 Å². The van der Waals surface area contributed by atoms with Crippen LogP contribution in [-0.4, -0.2) is 54.6 Å². The zero-order valence-corrected chi connectivity index (χ0v) is 18.5. The van der Waals surface area contributed by atoms with Crippen molar-refractivity contribution in [3.05, 3.63) is 77.4 Å². The molecule has 1 fully saturated rings. The molecule has 8 heteroatoms. The van der Waals surface area contributed by atoms with Gasteiger partial charge in [0.25, 0.3) is 11.8 Å². The largest absolute Gasteiger partial charge is 0.454 e. The van der Waals surface area contributed by atoms with Crippen LogP contribution in [0.5, 0.6) is 11.5 Å². The van der Waals surface area contributed by atoms with Gasteiger partial charge in [-0.15, -0.1) is 0 Å². The number of carbonyl (C=O) groups is 2. The smallest absolute Gasteiger partial charge is 0.257 e. The van der Waals surface area contributed by atoms with Gasteiger partial charge in [0.1, 0.15) is 0 Å².